The lowest BCUT2D eigenvalue weighted by Crippen LogP contribution is -2.30. The van der Waals surface area contributed by atoms with Crippen molar-refractivity contribution in [1.82, 2.24) is 5.32 Å². The maximum atomic E-state index is 11.1. The highest BCUT2D eigenvalue weighted by atomic mass is 16.5. The molecule has 1 amide bonds. The lowest BCUT2D eigenvalue weighted by atomic mass is 10.0. The third-order valence-corrected chi connectivity index (χ3v) is 3.20. The zero-order valence-corrected chi connectivity index (χ0v) is 13.9. The van der Waals surface area contributed by atoms with Gasteiger partial charge in [0.1, 0.15) is 6.29 Å². The molecule has 0 saturated heterocycles. The second-order valence-electron chi connectivity index (χ2n) is 5.87. The lowest BCUT2D eigenvalue weighted by Gasteiger charge is -2.27. The van der Waals surface area contributed by atoms with Crippen molar-refractivity contribution in [1.29, 1.82) is 0 Å². The molecule has 0 aliphatic carbocycles. The number of rotatable bonds is 13. The van der Waals surface area contributed by atoms with Crippen LogP contribution in [0.4, 0.5) is 0 Å². The highest BCUT2D eigenvalue weighted by Crippen LogP contribution is 2.18. The van der Waals surface area contributed by atoms with E-state index >= 15 is 0 Å². The predicted molar refractivity (Wildman–Crippen MR) is 83.3 cm³/mol. The molecule has 0 radical (unpaired) electrons. The van der Waals surface area contributed by atoms with E-state index in [-0.39, 0.29) is 17.6 Å². The van der Waals surface area contributed by atoms with E-state index in [0.29, 0.717) is 26.1 Å². The van der Waals surface area contributed by atoms with Gasteiger partial charge in [0.15, 0.2) is 0 Å². The van der Waals surface area contributed by atoms with Crippen LogP contribution in [0, 0.1) is 0 Å². The van der Waals surface area contributed by atoms with Gasteiger partial charge in [-0.2, -0.15) is 0 Å². The van der Waals surface area contributed by atoms with Gasteiger partial charge in [0, 0.05) is 19.4 Å². The molecule has 1 N–H and O–H groups in total. The number of amides is 1. The minimum absolute atomic E-state index is 0.00642. The molecule has 0 aliphatic rings. The normalized spacial score (nSPS) is 13.0. The summed E-state index contributed by atoms with van der Waals surface area (Å²) in [6.07, 6.45) is 4.73. The van der Waals surface area contributed by atoms with E-state index in [9.17, 15) is 9.59 Å². The van der Waals surface area contributed by atoms with Gasteiger partial charge in [-0.25, -0.2) is 0 Å². The first kappa shape index (κ1) is 20.1. The SMILES string of the molecule is CCC(=O)NCCCCC(C)(C)OCC(C)OCCC=O. The summed E-state index contributed by atoms with van der Waals surface area (Å²) in [7, 11) is 0. The monoisotopic (exact) mass is 301 g/mol. The van der Waals surface area contributed by atoms with Gasteiger partial charge in [-0.05, 0) is 40.0 Å². The van der Waals surface area contributed by atoms with Crippen LogP contribution in [0.5, 0.6) is 0 Å². The van der Waals surface area contributed by atoms with E-state index in [1.807, 2.05) is 13.8 Å². The van der Waals surface area contributed by atoms with Crippen LogP contribution in [-0.2, 0) is 19.1 Å². The van der Waals surface area contributed by atoms with Crippen LogP contribution in [-0.4, -0.2) is 43.7 Å². The molecule has 0 spiro atoms. The number of hydrogen-bond donors (Lipinski definition) is 1. The Balaban J connectivity index is 3.67. The van der Waals surface area contributed by atoms with Gasteiger partial charge < -0.3 is 19.6 Å². The molecule has 0 heterocycles. The predicted octanol–water partition coefficient (Wildman–Crippen LogP) is 2.47. The first-order chi connectivity index (χ1) is 9.91. The van der Waals surface area contributed by atoms with Gasteiger partial charge in [0.2, 0.25) is 5.91 Å². The van der Waals surface area contributed by atoms with Gasteiger partial charge in [-0.3, -0.25) is 4.79 Å². The zero-order valence-electron chi connectivity index (χ0n) is 13.9. The quantitative estimate of drug-likeness (QED) is 0.419. The number of ether oxygens (including phenoxy) is 2. The number of aldehydes is 1. The van der Waals surface area contributed by atoms with E-state index < -0.39 is 0 Å². The van der Waals surface area contributed by atoms with E-state index in [0.717, 1.165) is 32.1 Å². The smallest absolute Gasteiger partial charge is 0.219 e. The van der Waals surface area contributed by atoms with Crippen molar-refractivity contribution >= 4 is 12.2 Å². The minimum atomic E-state index is -0.197. The number of hydrogen-bond acceptors (Lipinski definition) is 4. The van der Waals surface area contributed by atoms with Crippen LogP contribution >= 0.6 is 0 Å². The molecule has 0 saturated carbocycles. The van der Waals surface area contributed by atoms with Crippen LogP contribution in [0.1, 0.15) is 59.8 Å². The molecular weight excluding hydrogens is 270 g/mol. The fourth-order valence-electron chi connectivity index (χ4n) is 1.81. The Bertz CT molecular complexity index is 292. The maximum absolute atomic E-state index is 11.1. The van der Waals surface area contributed by atoms with Crippen LogP contribution in [0.3, 0.4) is 0 Å². The molecule has 0 aromatic rings. The highest BCUT2D eigenvalue weighted by Gasteiger charge is 2.19. The van der Waals surface area contributed by atoms with Crippen molar-refractivity contribution in [2.75, 3.05) is 19.8 Å². The Kier molecular flexibility index (Phi) is 11.2. The summed E-state index contributed by atoms with van der Waals surface area (Å²) in [5, 5.41) is 2.87. The van der Waals surface area contributed by atoms with E-state index in [1.54, 1.807) is 0 Å². The van der Waals surface area contributed by atoms with Crippen molar-refractivity contribution in [2.24, 2.45) is 0 Å². The first-order valence-electron chi connectivity index (χ1n) is 7.87. The summed E-state index contributed by atoms with van der Waals surface area (Å²) in [5.74, 6) is 0.104. The third-order valence-electron chi connectivity index (χ3n) is 3.20. The van der Waals surface area contributed by atoms with Gasteiger partial charge in [0.05, 0.1) is 24.9 Å². The van der Waals surface area contributed by atoms with Crippen molar-refractivity contribution in [3.8, 4) is 0 Å². The van der Waals surface area contributed by atoms with E-state index in [4.69, 9.17) is 9.47 Å². The molecule has 5 nitrogen and oxygen atoms in total. The molecule has 21 heavy (non-hydrogen) atoms. The Morgan fingerprint density at radius 3 is 2.67 bits per heavy atom. The average molecular weight is 301 g/mol. The van der Waals surface area contributed by atoms with Crippen molar-refractivity contribution in [3.63, 3.8) is 0 Å². The molecular formula is C16H31NO4. The van der Waals surface area contributed by atoms with Crippen LogP contribution in [0.15, 0.2) is 0 Å². The first-order valence-corrected chi connectivity index (χ1v) is 7.87. The molecule has 0 fully saturated rings. The molecule has 1 unspecified atom stereocenters. The summed E-state index contributed by atoms with van der Waals surface area (Å²) in [4.78, 5) is 21.3. The maximum Gasteiger partial charge on any atom is 0.219 e. The lowest BCUT2D eigenvalue weighted by molar-refractivity contribution is -0.120. The fraction of sp³-hybridized carbons (Fsp3) is 0.875. The summed E-state index contributed by atoms with van der Waals surface area (Å²) >= 11 is 0. The highest BCUT2D eigenvalue weighted by molar-refractivity contribution is 5.75. The molecule has 0 aromatic carbocycles. The number of carbonyl (C=O) groups excluding carboxylic acids is 2. The third kappa shape index (κ3) is 12.5. The summed E-state index contributed by atoms with van der Waals surface area (Å²) in [5.41, 5.74) is -0.197. The van der Waals surface area contributed by atoms with E-state index in [2.05, 4.69) is 19.2 Å². The molecule has 124 valence electrons. The summed E-state index contributed by atoms with van der Waals surface area (Å²) < 4.78 is 11.3. The van der Waals surface area contributed by atoms with Crippen LogP contribution in [0.2, 0.25) is 0 Å². The number of carbonyl (C=O) groups is 2. The Morgan fingerprint density at radius 2 is 2.05 bits per heavy atom. The van der Waals surface area contributed by atoms with Crippen molar-refractivity contribution in [3.05, 3.63) is 0 Å². The standard InChI is InChI=1S/C16H31NO4/c1-5-15(19)17-10-7-6-9-16(3,4)21-13-14(2)20-12-8-11-18/h11,14H,5-10,12-13H2,1-4H3,(H,17,19). The molecule has 0 aromatic heterocycles. The number of unbranched alkanes of at least 4 members (excludes halogenated alkanes) is 1. The Labute approximate surface area is 128 Å². The second-order valence-corrected chi connectivity index (χ2v) is 5.87. The van der Waals surface area contributed by atoms with Crippen LogP contribution < -0.4 is 5.32 Å². The van der Waals surface area contributed by atoms with Gasteiger partial charge in [-0.1, -0.05) is 6.92 Å². The van der Waals surface area contributed by atoms with E-state index in [1.165, 1.54) is 0 Å². The largest absolute Gasteiger partial charge is 0.376 e. The topological polar surface area (TPSA) is 64.6 Å². The minimum Gasteiger partial charge on any atom is -0.376 e. The Morgan fingerprint density at radius 1 is 1.33 bits per heavy atom. The zero-order chi connectivity index (χ0) is 16.1. The molecule has 0 aliphatic heterocycles. The average Bonchev–Trinajstić information content (AvgIpc) is 2.45. The van der Waals surface area contributed by atoms with Gasteiger partial charge in [0.25, 0.3) is 0 Å². The molecule has 1 atom stereocenters. The van der Waals surface area contributed by atoms with Crippen molar-refractivity contribution < 1.29 is 19.1 Å². The van der Waals surface area contributed by atoms with Gasteiger partial charge >= 0.3 is 0 Å². The van der Waals surface area contributed by atoms with Gasteiger partial charge in [-0.15, -0.1) is 0 Å². The van der Waals surface area contributed by atoms with Crippen LogP contribution in [0.25, 0.3) is 0 Å². The molecule has 5 heteroatoms. The second kappa shape index (κ2) is 11.7. The number of nitrogens with one attached hydrogen (secondary N) is 1. The summed E-state index contributed by atoms with van der Waals surface area (Å²) in [6, 6.07) is 0. The molecule has 0 rings (SSSR count). The summed E-state index contributed by atoms with van der Waals surface area (Å²) in [6.45, 7) is 9.63. The Hall–Kier alpha value is -0.940. The molecule has 0 bridgehead atoms. The van der Waals surface area contributed by atoms with Crippen molar-refractivity contribution in [2.45, 2.75) is 71.5 Å². The fourth-order valence-corrected chi connectivity index (χ4v) is 1.81.